The van der Waals surface area contributed by atoms with Crippen LogP contribution in [-0.2, 0) is 0 Å². The smallest absolute Gasteiger partial charge is 0.166 e. The highest BCUT2D eigenvalue weighted by molar-refractivity contribution is 6.37. The van der Waals surface area contributed by atoms with Crippen LogP contribution < -0.4 is 0 Å². The molecule has 0 aliphatic rings. The van der Waals surface area contributed by atoms with Crippen molar-refractivity contribution in [3.05, 3.63) is 176 Å². The maximum absolute atomic E-state index is 5.27. The molecule has 0 saturated carbocycles. The molecule has 0 saturated heterocycles. The van der Waals surface area contributed by atoms with Gasteiger partial charge in [0.05, 0.1) is 33.3 Å². The fourth-order valence-corrected chi connectivity index (χ4v) is 9.43. The molecule has 0 aliphatic carbocycles. The lowest BCUT2D eigenvalue weighted by atomic mass is 9.97. The van der Waals surface area contributed by atoms with Crippen LogP contribution in [0.5, 0.6) is 0 Å². The van der Waals surface area contributed by atoms with E-state index in [1.165, 1.54) is 59.6 Å². The van der Waals surface area contributed by atoms with E-state index in [2.05, 4.69) is 148 Å². The monoisotopic (exact) mass is 711 g/mol. The molecule has 9 aromatic carbocycles. The molecule has 258 valence electrons. The third-order valence-corrected chi connectivity index (χ3v) is 11.8. The number of aromatic nitrogens is 5. The minimum atomic E-state index is 0.629. The van der Waals surface area contributed by atoms with Gasteiger partial charge in [-0.05, 0) is 57.9 Å². The number of nitrogens with zero attached hydrogens (tertiary/aromatic N) is 5. The first kappa shape index (κ1) is 29.8. The Labute approximate surface area is 320 Å². The van der Waals surface area contributed by atoms with Gasteiger partial charge < -0.3 is 8.97 Å². The summed E-state index contributed by atoms with van der Waals surface area (Å²) in [6.07, 6.45) is 0. The summed E-state index contributed by atoms with van der Waals surface area (Å²) in [5.74, 6) is 1.91. The van der Waals surface area contributed by atoms with Crippen LogP contribution >= 0.6 is 0 Å². The summed E-state index contributed by atoms with van der Waals surface area (Å²) in [5.41, 5.74) is 9.82. The molecule has 13 rings (SSSR count). The molecule has 0 spiro atoms. The first-order valence-corrected chi connectivity index (χ1v) is 19.0. The second-order valence-corrected chi connectivity index (χ2v) is 14.8. The second kappa shape index (κ2) is 11.0. The van der Waals surface area contributed by atoms with Crippen molar-refractivity contribution in [3.8, 4) is 39.9 Å². The van der Waals surface area contributed by atoms with E-state index in [9.17, 15) is 0 Å². The van der Waals surface area contributed by atoms with Crippen molar-refractivity contribution in [1.82, 2.24) is 23.9 Å². The van der Waals surface area contributed by atoms with Crippen LogP contribution in [0.4, 0.5) is 0 Å². The van der Waals surface area contributed by atoms with Crippen molar-refractivity contribution in [2.45, 2.75) is 0 Å². The van der Waals surface area contributed by atoms with Crippen LogP contribution in [0.15, 0.2) is 176 Å². The Morgan fingerprint density at radius 3 is 1.68 bits per heavy atom. The van der Waals surface area contributed by atoms with Crippen molar-refractivity contribution >= 4 is 81.4 Å². The maximum atomic E-state index is 5.27. The molecule has 0 unspecified atom stereocenters. The van der Waals surface area contributed by atoms with Gasteiger partial charge >= 0.3 is 0 Å². The molecule has 0 N–H and O–H groups in total. The quantitative estimate of drug-likeness (QED) is 0.171. The summed E-state index contributed by atoms with van der Waals surface area (Å²) >= 11 is 0. The van der Waals surface area contributed by atoms with Gasteiger partial charge in [-0.2, -0.15) is 0 Å². The van der Waals surface area contributed by atoms with E-state index in [4.69, 9.17) is 15.0 Å². The maximum Gasteiger partial charge on any atom is 0.166 e. The van der Waals surface area contributed by atoms with Crippen LogP contribution in [-0.4, -0.2) is 23.9 Å². The molecule has 4 aromatic heterocycles. The number of hydrogen-bond acceptors (Lipinski definition) is 3. The van der Waals surface area contributed by atoms with E-state index < -0.39 is 0 Å². The number of hydrogen-bond donors (Lipinski definition) is 0. The van der Waals surface area contributed by atoms with Crippen LogP contribution in [0.2, 0.25) is 0 Å². The zero-order valence-corrected chi connectivity index (χ0v) is 30.0. The van der Waals surface area contributed by atoms with Crippen molar-refractivity contribution in [1.29, 1.82) is 0 Å². The summed E-state index contributed by atoms with van der Waals surface area (Å²) in [6, 6.07) is 63.0. The van der Waals surface area contributed by atoms with Crippen LogP contribution in [0.3, 0.4) is 0 Å². The largest absolute Gasteiger partial charge is 0.308 e. The van der Waals surface area contributed by atoms with Crippen LogP contribution in [0.25, 0.3) is 121 Å². The fourth-order valence-electron chi connectivity index (χ4n) is 9.43. The predicted octanol–water partition coefficient (Wildman–Crippen LogP) is 12.9. The summed E-state index contributed by atoms with van der Waals surface area (Å²) in [5, 5.41) is 12.4. The third kappa shape index (κ3) is 3.95. The van der Waals surface area contributed by atoms with E-state index >= 15 is 0 Å². The Kier molecular flexibility index (Phi) is 5.83. The molecule has 0 amide bonds. The zero-order chi connectivity index (χ0) is 36.5. The average molecular weight is 712 g/mol. The average Bonchev–Trinajstić information content (AvgIpc) is 3.74. The molecule has 0 radical (unpaired) electrons. The van der Waals surface area contributed by atoms with E-state index in [1.807, 2.05) is 36.4 Å². The number of fused-ring (bicyclic) bond motifs is 5. The van der Waals surface area contributed by atoms with Gasteiger partial charge in [-0.1, -0.05) is 140 Å². The van der Waals surface area contributed by atoms with E-state index in [0.717, 1.165) is 44.2 Å². The molecule has 0 atom stereocenters. The Bertz CT molecular complexity index is 3630. The predicted molar refractivity (Wildman–Crippen MR) is 231 cm³/mol. The van der Waals surface area contributed by atoms with E-state index in [-0.39, 0.29) is 0 Å². The highest BCUT2D eigenvalue weighted by atomic mass is 15.1. The normalized spacial score (nSPS) is 12.3. The van der Waals surface area contributed by atoms with Gasteiger partial charge in [0.25, 0.3) is 0 Å². The molecule has 0 bridgehead atoms. The Morgan fingerprint density at radius 1 is 0.339 bits per heavy atom. The van der Waals surface area contributed by atoms with E-state index in [1.54, 1.807) is 0 Å². The zero-order valence-electron chi connectivity index (χ0n) is 30.0. The first-order chi connectivity index (χ1) is 27.8. The summed E-state index contributed by atoms with van der Waals surface area (Å²) in [6.45, 7) is 0. The summed E-state index contributed by atoms with van der Waals surface area (Å²) in [4.78, 5) is 15.6. The van der Waals surface area contributed by atoms with Gasteiger partial charge in [0.2, 0.25) is 0 Å². The Balaban J connectivity index is 1.23. The lowest BCUT2D eigenvalue weighted by Crippen LogP contribution is -2.04. The lowest BCUT2D eigenvalue weighted by Gasteiger charge is -2.16. The topological polar surface area (TPSA) is 48.0 Å². The molecule has 5 nitrogen and oxygen atoms in total. The fraction of sp³-hybridized carbons (Fsp3) is 0. The number of rotatable bonds is 4. The first-order valence-electron chi connectivity index (χ1n) is 19.0. The van der Waals surface area contributed by atoms with Gasteiger partial charge in [0.15, 0.2) is 17.5 Å². The summed E-state index contributed by atoms with van der Waals surface area (Å²) in [7, 11) is 0. The number of benzene rings is 9. The van der Waals surface area contributed by atoms with Gasteiger partial charge in [0.1, 0.15) is 0 Å². The molecular weight excluding hydrogens is 683 g/mol. The molecule has 0 aliphatic heterocycles. The van der Waals surface area contributed by atoms with Crippen molar-refractivity contribution in [2.75, 3.05) is 0 Å². The summed E-state index contributed by atoms with van der Waals surface area (Å²) < 4.78 is 4.98. The molecule has 4 heterocycles. The van der Waals surface area contributed by atoms with Gasteiger partial charge in [-0.15, -0.1) is 0 Å². The SMILES string of the molecule is c1ccc(-c2nc(-c3ccccc3)nc(-c3cc4ccccc4cc3-n3c4ccc5ccc6cccc7c6c5c4c4c3ccc3c5ccccc5n7c34)n2)cc1. The van der Waals surface area contributed by atoms with Crippen LogP contribution in [0.1, 0.15) is 0 Å². The minimum absolute atomic E-state index is 0.629. The van der Waals surface area contributed by atoms with E-state index in [0.29, 0.717) is 17.5 Å². The Morgan fingerprint density at radius 2 is 0.911 bits per heavy atom. The molecule has 13 aromatic rings. The standard InChI is InChI=1S/C51H29N5/c1-3-12-32(13-4-1)49-52-50(33-14-5-2-6-15-33)54-51(53-49)38-28-34-16-7-8-17-35(34)29-43(38)55-41-26-24-31-23-22-30-18-11-21-40-44(30)45(31)46(41)47-42(55)27-25-37-36-19-9-10-20-39(36)56(40)48(37)47/h1-29H. The second-order valence-electron chi connectivity index (χ2n) is 14.8. The molecular formula is C51H29N5. The van der Waals surface area contributed by atoms with Crippen molar-refractivity contribution in [2.24, 2.45) is 0 Å². The Hall–Kier alpha value is -7.63. The highest BCUT2D eigenvalue weighted by Gasteiger charge is 2.26. The van der Waals surface area contributed by atoms with Crippen LogP contribution in [0, 0.1) is 0 Å². The van der Waals surface area contributed by atoms with Gasteiger partial charge in [-0.3, -0.25) is 0 Å². The lowest BCUT2D eigenvalue weighted by molar-refractivity contribution is 1.07. The molecule has 0 fully saturated rings. The van der Waals surface area contributed by atoms with Gasteiger partial charge in [-0.25, -0.2) is 15.0 Å². The van der Waals surface area contributed by atoms with Crippen molar-refractivity contribution < 1.29 is 0 Å². The highest BCUT2D eigenvalue weighted by Crippen LogP contribution is 2.48. The minimum Gasteiger partial charge on any atom is -0.308 e. The molecule has 5 heteroatoms. The third-order valence-electron chi connectivity index (χ3n) is 11.8. The van der Waals surface area contributed by atoms with Gasteiger partial charge in [0, 0.05) is 49.0 Å². The molecule has 56 heavy (non-hydrogen) atoms. The number of para-hydroxylation sites is 1. The van der Waals surface area contributed by atoms with Crippen molar-refractivity contribution in [3.63, 3.8) is 0 Å².